The number of hydrogen-bond donors (Lipinski definition) is 0. The van der Waals surface area contributed by atoms with Gasteiger partial charge in [-0.3, -0.25) is 0 Å². The molecule has 0 nitrogen and oxygen atoms in total. The van der Waals surface area contributed by atoms with E-state index in [1.807, 2.05) is 0 Å². The van der Waals surface area contributed by atoms with Crippen LogP contribution in [0.1, 0.15) is 72.2 Å². The van der Waals surface area contributed by atoms with Gasteiger partial charge in [-0.25, -0.2) is 0 Å². The molecule has 0 unspecified atom stereocenters. The van der Waals surface area contributed by atoms with Crippen LogP contribution in [0.25, 0.3) is 87.6 Å². The van der Waals surface area contributed by atoms with Gasteiger partial charge in [0.05, 0.1) is 0 Å². The molecule has 12 aromatic carbocycles. The topological polar surface area (TPSA) is 0 Å². The van der Waals surface area contributed by atoms with Gasteiger partial charge in [0.25, 0.3) is 0 Å². The first kappa shape index (κ1) is 67.8. The minimum Gasteiger partial charge on any atom is -1.00 e. The Bertz CT molecular complexity index is 3410. The van der Waals surface area contributed by atoms with Gasteiger partial charge in [0.15, 0.2) is 0 Å². The van der Waals surface area contributed by atoms with E-state index in [0.29, 0.717) is 0 Å². The predicted octanol–water partition coefficient (Wildman–Crippen LogP) is 16.0. The van der Waals surface area contributed by atoms with Crippen molar-refractivity contribution in [3.63, 3.8) is 0 Å². The van der Waals surface area contributed by atoms with Crippen molar-refractivity contribution in [3.8, 4) is 44.5 Å². The second kappa shape index (κ2) is 33.5. The second-order valence-electron chi connectivity index (χ2n) is 21.6. The van der Waals surface area contributed by atoms with Crippen molar-refractivity contribution < 1.29 is 71.5 Å². The summed E-state index contributed by atoms with van der Waals surface area (Å²) in [5.41, 5.74) is 21.9. The molecule has 82 heavy (non-hydrogen) atoms. The number of aryl methyl sites for hydroxylation is 8. The molecule has 12 aromatic rings. The third kappa shape index (κ3) is 19.0. The van der Waals surface area contributed by atoms with Crippen LogP contribution < -0.4 is 24.8 Å². The summed E-state index contributed by atoms with van der Waals surface area (Å²) in [6.45, 7) is 26.6. The largest absolute Gasteiger partial charge is 1.00 e. The molecule has 0 heterocycles. The van der Waals surface area contributed by atoms with E-state index in [0.717, 1.165) is 25.7 Å². The van der Waals surface area contributed by atoms with Crippen molar-refractivity contribution >= 4 is 54.0 Å². The standard InChI is InChI=1S/4C18H17.2C2H6Si.2ClH.2Zr/c4*1-3-14-7-9-15(10-8-14)17-6-4-5-16-11-13(2)12-18(16)17;2*1-3-2;;;;/h4*4-12H,3H2,1-2H3;2*1-2H3;2*1H;;/q4*-1;;;;;2*+2/p-2. The van der Waals surface area contributed by atoms with Gasteiger partial charge in [-0.1, -0.05) is 199 Å². The van der Waals surface area contributed by atoms with Crippen molar-refractivity contribution in [2.75, 3.05) is 0 Å². The minimum atomic E-state index is 0. The fourth-order valence-electron chi connectivity index (χ4n) is 10.2. The van der Waals surface area contributed by atoms with Crippen molar-refractivity contribution in [1.29, 1.82) is 0 Å². The number of halogens is 2. The molecular weight excluding hydrogens is 1220 g/mol. The van der Waals surface area contributed by atoms with Gasteiger partial charge in [0.2, 0.25) is 0 Å². The van der Waals surface area contributed by atoms with E-state index in [1.165, 1.54) is 132 Å². The molecule has 0 amide bonds. The van der Waals surface area contributed by atoms with Crippen LogP contribution in [0, 0.1) is 27.7 Å². The van der Waals surface area contributed by atoms with Crippen molar-refractivity contribution in [3.05, 3.63) is 263 Å². The van der Waals surface area contributed by atoms with Crippen LogP contribution >= 0.6 is 0 Å². The fraction of sp³-hybridized carbons (Fsp3) is 0.211. The molecule has 0 atom stereocenters. The number of benzene rings is 8. The predicted molar refractivity (Wildman–Crippen MR) is 351 cm³/mol. The molecule has 12 rings (SSSR count). The molecule has 0 radical (unpaired) electrons. The Morgan fingerprint density at radius 3 is 0.622 bits per heavy atom. The molecule has 0 saturated carbocycles. The summed E-state index contributed by atoms with van der Waals surface area (Å²) in [6, 6.07) is 79.9. The van der Waals surface area contributed by atoms with Crippen molar-refractivity contribution in [2.24, 2.45) is 0 Å². The molecule has 0 fully saturated rings. The van der Waals surface area contributed by atoms with E-state index in [2.05, 4.69) is 300 Å². The monoisotopic (exact) mass is 1300 g/mol. The number of hydrogen-bond acceptors (Lipinski definition) is 0. The first-order chi connectivity index (χ1) is 38.6. The summed E-state index contributed by atoms with van der Waals surface area (Å²) < 4.78 is 0. The van der Waals surface area contributed by atoms with E-state index in [1.54, 1.807) is 46.7 Å². The van der Waals surface area contributed by atoms with Crippen LogP contribution in [0.4, 0.5) is 0 Å². The SMILES string of the molecule is CCc1ccc(-c2cccc3[cH-]c(C)cc23)cc1.CCc1ccc(-c2cccc3[cH-]c(C)cc23)cc1.CCc1ccc(-c2cccc3[cH-]c(C)cc23)cc1.CCc1ccc(-c2cccc3[cH-]c(C)cc23)cc1.C[Si](C)=[Zr+2].C[Si](C)=[Zr+2].[Cl-].[Cl-]. The zero-order valence-corrected chi connectivity index (χ0v) is 58.8. The molecule has 416 valence electrons. The maximum Gasteiger partial charge on any atom is -1.00 e. The molecule has 0 aliphatic carbocycles. The van der Waals surface area contributed by atoms with Gasteiger partial charge in [0, 0.05) is 0 Å². The Kier molecular flexibility index (Phi) is 27.7. The van der Waals surface area contributed by atoms with E-state index in [4.69, 9.17) is 0 Å². The first-order valence-corrected chi connectivity index (χ1v) is 41.0. The molecule has 0 aromatic heterocycles. The first-order valence-electron chi connectivity index (χ1n) is 28.6. The third-order valence-electron chi connectivity index (χ3n) is 14.3. The summed E-state index contributed by atoms with van der Waals surface area (Å²) in [5, 5.41) is 10.8. The van der Waals surface area contributed by atoms with Gasteiger partial charge in [-0.05, 0) is 70.2 Å². The molecule has 0 N–H and O–H groups in total. The van der Waals surface area contributed by atoms with E-state index < -0.39 is 0 Å². The minimum absolute atomic E-state index is 0. The zero-order valence-electron chi connectivity index (χ0n) is 50.4. The Morgan fingerprint density at radius 1 is 0.293 bits per heavy atom. The average molecular weight is 1300 g/mol. The van der Waals surface area contributed by atoms with Crippen LogP contribution in [0.3, 0.4) is 0 Å². The second-order valence-corrected chi connectivity index (χ2v) is 40.3. The maximum absolute atomic E-state index is 2.31. The summed E-state index contributed by atoms with van der Waals surface area (Å²) in [7, 11) is 0. The van der Waals surface area contributed by atoms with Crippen LogP contribution in [0.5, 0.6) is 0 Å². The molecule has 0 saturated heterocycles. The van der Waals surface area contributed by atoms with E-state index >= 15 is 0 Å². The Morgan fingerprint density at radius 2 is 0.463 bits per heavy atom. The normalized spacial score (nSPS) is 10.3. The van der Waals surface area contributed by atoms with Gasteiger partial charge < -0.3 is 24.8 Å². The molecular formula is C76H80Cl2Si2Zr2-2. The number of rotatable bonds is 8. The Hall–Kier alpha value is -5.02. The molecule has 6 heteroatoms. The smallest absolute Gasteiger partial charge is 1.00 e. The molecule has 0 aliphatic rings. The fourth-order valence-corrected chi connectivity index (χ4v) is 10.2. The number of fused-ring (bicyclic) bond motifs is 4. The van der Waals surface area contributed by atoms with Gasteiger partial charge in [-0.15, -0.1) is 138 Å². The average Bonchev–Trinajstić information content (AvgIpc) is 4.27. The van der Waals surface area contributed by atoms with Crippen LogP contribution in [0.15, 0.2) is 218 Å². The Labute approximate surface area is 534 Å². The quantitative estimate of drug-likeness (QED) is 0.105. The Balaban J connectivity index is 0.000000190. The van der Waals surface area contributed by atoms with Crippen LogP contribution in [-0.4, -0.2) is 10.9 Å². The zero-order chi connectivity index (χ0) is 57.3. The summed E-state index contributed by atoms with van der Waals surface area (Å²) in [4.78, 5) is 0. The van der Waals surface area contributed by atoms with E-state index in [-0.39, 0.29) is 35.7 Å². The molecule has 0 bridgehead atoms. The van der Waals surface area contributed by atoms with Gasteiger partial charge in [-0.2, -0.15) is 24.3 Å². The van der Waals surface area contributed by atoms with Crippen molar-refractivity contribution in [1.82, 2.24) is 0 Å². The van der Waals surface area contributed by atoms with Gasteiger partial charge >= 0.3 is 83.7 Å². The van der Waals surface area contributed by atoms with Crippen LogP contribution in [-0.2, 0) is 72.4 Å². The maximum atomic E-state index is 2.31. The molecule has 0 aliphatic heterocycles. The summed E-state index contributed by atoms with van der Waals surface area (Å²) in [6.07, 6.45) is 4.39. The van der Waals surface area contributed by atoms with Crippen LogP contribution in [0.2, 0.25) is 26.2 Å². The van der Waals surface area contributed by atoms with E-state index in [9.17, 15) is 0 Å². The van der Waals surface area contributed by atoms with Gasteiger partial charge in [0.1, 0.15) is 0 Å². The molecule has 0 spiro atoms. The third-order valence-corrected chi connectivity index (χ3v) is 14.3. The summed E-state index contributed by atoms with van der Waals surface area (Å²) in [5.74, 6) is 0. The van der Waals surface area contributed by atoms with Crippen molar-refractivity contribution in [2.45, 2.75) is 107 Å². The summed E-state index contributed by atoms with van der Waals surface area (Å²) >= 11 is 3.48.